The average Bonchev–Trinajstić information content (AvgIpc) is 3.27. The second-order valence-corrected chi connectivity index (χ2v) is 6.45. The summed E-state index contributed by atoms with van der Waals surface area (Å²) < 4.78 is 17.8. The highest BCUT2D eigenvalue weighted by Gasteiger charge is 2.36. The first-order valence-corrected chi connectivity index (χ1v) is 8.76. The minimum absolute atomic E-state index is 0.346. The number of nitrogens with one attached hydrogen (secondary N) is 1. The number of carbonyl (C=O) groups is 1. The minimum atomic E-state index is -0.697. The molecule has 28 heavy (non-hydrogen) atoms. The summed E-state index contributed by atoms with van der Waals surface area (Å²) in [5.41, 5.74) is 3.32. The van der Waals surface area contributed by atoms with Crippen LogP contribution in [0, 0.1) is 6.92 Å². The zero-order valence-corrected chi connectivity index (χ0v) is 15.8. The van der Waals surface area contributed by atoms with Crippen molar-refractivity contribution in [3.63, 3.8) is 0 Å². The van der Waals surface area contributed by atoms with Crippen molar-refractivity contribution in [1.29, 1.82) is 0 Å². The maximum absolute atomic E-state index is 12.3. The molecule has 0 radical (unpaired) electrons. The molecule has 144 valence electrons. The van der Waals surface area contributed by atoms with Crippen LogP contribution in [0.5, 0.6) is 11.5 Å². The van der Waals surface area contributed by atoms with Crippen molar-refractivity contribution in [1.82, 2.24) is 14.8 Å². The van der Waals surface area contributed by atoms with Gasteiger partial charge in [-0.1, -0.05) is 29.8 Å². The number of fused-ring (bicyclic) bond motifs is 1. The van der Waals surface area contributed by atoms with Crippen LogP contribution in [0.4, 0.5) is 5.95 Å². The summed E-state index contributed by atoms with van der Waals surface area (Å²) in [5.74, 6) is 0.710. The lowest BCUT2D eigenvalue weighted by atomic mass is 10.1. The van der Waals surface area contributed by atoms with Gasteiger partial charge in [-0.15, -0.1) is 5.10 Å². The molecular formula is C20H20N4O4. The highest BCUT2D eigenvalue weighted by Crippen LogP contribution is 2.41. The Kier molecular flexibility index (Phi) is 4.60. The Bertz CT molecular complexity index is 1010. The Labute approximate surface area is 162 Å². The van der Waals surface area contributed by atoms with E-state index in [2.05, 4.69) is 39.7 Å². The maximum Gasteiger partial charge on any atom is 0.344 e. The number of ether oxygens (including phenoxy) is 3. The van der Waals surface area contributed by atoms with Crippen LogP contribution in [0.15, 0.2) is 42.7 Å². The number of methoxy groups -OCH3 is 2. The molecule has 1 atom stereocenters. The van der Waals surface area contributed by atoms with Gasteiger partial charge in [-0.05, 0) is 24.6 Å². The molecule has 4 rings (SSSR count). The topological polar surface area (TPSA) is 87.5 Å². The minimum Gasteiger partial charge on any atom is -0.493 e. The van der Waals surface area contributed by atoms with Crippen LogP contribution in [0.1, 0.15) is 33.3 Å². The van der Waals surface area contributed by atoms with Crippen molar-refractivity contribution < 1.29 is 19.0 Å². The summed E-state index contributed by atoms with van der Waals surface area (Å²) in [6.07, 6.45) is 0.937. The molecule has 0 saturated heterocycles. The predicted molar refractivity (Wildman–Crippen MR) is 102 cm³/mol. The highest BCUT2D eigenvalue weighted by atomic mass is 16.6. The van der Waals surface area contributed by atoms with Gasteiger partial charge in [-0.2, -0.15) is 0 Å². The van der Waals surface area contributed by atoms with Gasteiger partial charge in [0, 0.05) is 5.56 Å². The van der Waals surface area contributed by atoms with Gasteiger partial charge in [0.1, 0.15) is 11.9 Å². The molecule has 8 nitrogen and oxygen atoms in total. The molecule has 0 fully saturated rings. The van der Waals surface area contributed by atoms with Crippen molar-refractivity contribution in [3.05, 3.63) is 65.0 Å². The normalized spacial score (nSPS) is 15.1. The van der Waals surface area contributed by atoms with Crippen LogP contribution in [0.25, 0.3) is 0 Å². The van der Waals surface area contributed by atoms with E-state index in [4.69, 9.17) is 14.2 Å². The van der Waals surface area contributed by atoms with Gasteiger partial charge >= 0.3 is 5.97 Å². The highest BCUT2D eigenvalue weighted by molar-refractivity contribution is 5.98. The Morgan fingerprint density at radius 3 is 2.64 bits per heavy atom. The number of benzene rings is 2. The lowest BCUT2D eigenvalue weighted by molar-refractivity contribution is 0.0434. The molecule has 1 N–H and O–H groups in total. The van der Waals surface area contributed by atoms with E-state index in [1.165, 1.54) is 19.8 Å². The fourth-order valence-corrected chi connectivity index (χ4v) is 3.14. The number of cyclic esters (lactones) is 1. The fraction of sp³-hybridized carbons (Fsp3) is 0.250. The lowest BCUT2D eigenvalue weighted by Crippen LogP contribution is -2.12. The second-order valence-electron chi connectivity index (χ2n) is 6.45. The molecule has 0 saturated carbocycles. The summed E-state index contributed by atoms with van der Waals surface area (Å²) >= 11 is 0. The van der Waals surface area contributed by atoms with Crippen LogP contribution in [-0.2, 0) is 11.3 Å². The number of esters is 1. The second kappa shape index (κ2) is 7.22. The largest absolute Gasteiger partial charge is 0.493 e. The molecule has 1 aromatic heterocycles. The van der Waals surface area contributed by atoms with Crippen molar-refractivity contribution in [2.75, 3.05) is 19.5 Å². The third-order valence-electron chi connectivity index (χ3n) is 4.55. The third kappa shape index (κ3) is 3.24. The maximum atomic E-state index is 12.3. The van der Waals surface area contributed by atoms with Crippen molar-refractivity contribution in [3.8, 4) is 11.5 Å². The molecule has 2 aromatic carbocycles. The molecule has 0 bridgehead atoms. The Morgan fingerprint density at radius 1 is 1.14 bits per heavy atom. The zero-order valence-electron chi connectivity index (χ0n) is 15.8. The van der Waals surface area contributed by atoms with Crippen LogP contribution in [0.3, 0.4) is 0 Å². The molecule has 0 aliphatic carbocycles. The summed E-state index contributed by atoms with van der Waals surface area (Å²) in [5, 5.41) is 7.46. The fourth-order valence-electron chi connectivity index (χ4n) is 3.14. The summed E-state index contributed by atoms with van der Waals surface area (Å²) in [4.78, 5) is 16.6. The van der Waals surface area contributed by atoms with Crippen LogP contribution >= 0.6 is 0 Å². The van der Waals surface area contributed by atoms with E-state index in [9.17, 15) is 4.79 Å². The van der Waals surface area contributed by atoms with E-state index in [0.29, 0.717) is 35.1 Å². The first-order valence-electron chi connectivity index (χ1n) is 8.76. The summed E-state index contributed by atoms with van der Waals surface area (Å²) in [6.45, 7) is 2.65. The Balaban J connectivity index is 1.53. The molecule has 1 aliphatic rings. The van der Waals surface area contributed by atoms with Crippen LogP contribution in [-0.4, -0.2) is 35.0 Å². The standard InChI is InChI=1S/C20H20N4O4/c1-12-4-6-13(7-5-12)10-24-11-21-20(23-24)22-18-14-8-9-15(26-2)17(27-3)16(14)19(25)28-18/h4-9,11,18H,10H2,1-3H3,(H,22,23)/t18-/m0/s1. The van der Waals surface area contributed by atoms with Gasteiger partial charge < -0.3 is 19.5 Å². The molecule has 3 aromatic rings. The first-order chi connectivity index (χ1) is 13.6. The van der Waals surface area contributed by atoms with E-state index in [1.54, 1.807) is 23.1 Å². The molecule has 2 heterocycles. The van der Waals surface area contributed by atoms with Gasteiger partial charge in [0.2, 0.25) is 12.2 Å². The molecular weight excluding hydrogens is 360 g/mol. The van der Waals surface area contributed by atoms with Crippen molar-refractivity contribution in [2.24, 2.45) is 0 Å². The van der Waals surface area contributed by atoms with Crippen molar-refractivity contribution >= 4 is 11.9 Å². The smallest absolute Gasteiger partial charge is 0.344 e. The van der Waals surface area contributed by atoms with Gasteiger partial charge in [-0.3, -0.25) is 0 Å². The number of aromatic nitrogens is 3. The molecule has 8 heteroatoms. The number of carbonyl (C=O) groups excluding carboxylic acids is 1. The van der Waals surface area contributed by atoms with E-state index in [-0.39, 0.29) is 0 Å². The van der Waals surface area contributed by atoms with Gasteiger partial charge in [0.15, 0.2) is 11.5 Å². The SMILES string of the molecule is COc1ccc2c(c1OC)C(=O)O[C@@H]2Nc1ncn(Cc2ccc(C)cc2)n1. The van der Waals surface area contributed by atoms with Crippen LogP contribution < -0.4 is 14.8 Å². The number of hydrogen-bond acceptors (Lipinski definition) is 7. The molecule has 0 unspecified atom stereocenters. The van der Waals surface area contributed by atoms with E-state index >= 15 is 0 Å². The van der Waals surface area contributed by atoms with E-state index in [1.807, 2.05) is 6.92 Å². The predicted octanol–water partition coefficient (Wildman–Crippen LogP) is 2.93. The van der Waals surface area contributed by atoms with Gasteiger partial charge in [0.25, 0.3) is 0 Å². The van der Waals surface area contributed by atoms with Gasteiger partial charge in [0.05, 0.1) is 20.8 Å². The Morgan fingerprint density at radius 2 is 1.93 bits per heavy atom. The Hall–Kier alpha value is -3.55. The third-order valence-corrected chi connectivity index (χ3v) is 4.55. The summed E-state index contributed by atoms with van der Waals surface area (Å²) in [7, 11) is 3.01. The summed E-state index contributed by atoms with van der Waals surface area (Å²) in [6, 6.07) is 11.7. The molecule has 0 spiro atoms. The number of anilines is 1. The van der Waals surface area contributed by atoms with Crippen LogP contribution in [0.2, 0.25) is 0 Å². The van der Waals surface area contributed by atoms with E-state index < -0.39 is 12.2 Å². The monoisotopic (exact) mass is 380 g/mol. The van der Waals surface area contributed by atoms with Crippen molar-refractivity contribution in [2.45, 2.75) is 19.7 Å². The zero-order chi connectivity index (χ0) is 19.7. The molecule has 0 amide bonds. The number of hydrogen-bond donors (Lipinski definition) is 1. The average molecular weight is 380 g/mol. The lowest BCUT2D eigenvalue weighted by Gasteiger charge is -2.12. The van der Waals surface area contributed by atoms with E-state index in [0.717, 1.165) is 5.56 Å². The quantitative estimate of drug-likeness (QED) is 0.658. The van der Waals surface area contributed by atoms with Gasteiger partial charge in [-0.25, -0.2) is 14.5 Å². The number of aryl methyl sites for hydroxylation is 1. The molecule has 1 aliphatic heterocycles. The number of nitrogens with zero attached hydrogens (tertiary/aromatic N) is 3. The first kappa shape index (κ1) is 17.8. The number of rotatable bonds is 6.